The predicted molar refractivity (Wildman–Crippen MR) is 129 cm³/mol. The van der Waals surface area contributed by atoms with E-state index in [4.69, 9.17) is 5.73 Å². The van der Waals surface area contributed by atoms with Crippen LogP contribution in [0, 0.1) is 31.0 Å². The molecule has 0 aliphatic heterocycles. The van der Waals surface area contributed by atoms with Gasteiger partial charge in [-0.25, -0.2) is 9.07 Å². The van der Waals surface area contributed by atoms with Crippen molar-refractivity contribution in [2.75, 3.05) is 12.3 Å². The van der Waals surface area contributed by atoms with E-state index in [-0.39, 0.29) is 17.5 Å². The van der Waals surface area contributed by atoms with Crippen LogP contribution in [0.4, 0.5) is 10.2 Å². The summed E-state index contributed by atoms with van der Waals surface area (Å²) in [5.74, 6) is -0.302. The summed E-state index contributed by atoms with van der Waals surface area (Å²) >= 11 is 0. The molecule has 3 N–H and O–H groups in total. The minimum atomic E-state index is -0.365. The second-order valence-electron chi connectivity index (χ2n) is 8.02. The lowest BCUT2D eigenvalue weighted by Gasteiger charge is -2.10. The largest absolute Gasteiger partial charge is 0.382 e. The number of halogens is 1. The molecule has 0 atom stereocenters. The third-order valence-electron chi connectivity index (χ3n) is 5.74. The van der Waals surface area contributed by atoms with Crippen LogP contribution in [-0.4, -0.2) is 26.8 Å². The van der Waals surface area contributed by atoms with Crippen molar-refractivity contribution in [3.05, 3.63) is 94.7 Å². The Hall–Kier alpha value is -4.38. The topological polar surface area (TPSA) is 102 Å². The van der Waals surface area contributed by atoms with Gasteiger partial charge in [-0.3, -0.25) is 4.79 Å². The zero-order valence-corrected chi connectivity index (χ0v) is 19.0. The number of benzene rings is 2. The van der Waals surface area contributed by atoms with E-state index in [1.54, 1.807) is 12.1 Å². The number of anilines is 1. The Balaban J connectivity index is 1.42. The molecule has 0 saturated heterocycles. The van der Waals surface area contributed by atoms with E-state index in [9.17, 15) is 14.4 Å². The van der Waals surface area contributed by atoms with Gasteiger partial charge in [0.05, 0.1) is 16.9 Å². The smallest absolute Gasteiger partial charge is 0.253 e. The third kappa shape index (κ3) is 4.41. The highest BCUT2D eigenvalue weighted by atomic mass is 19.1. The second kappa shape index (κ2) is 9.63. The molecule has 7 nitrogen and oxygen atoms in total. The maximum absolute atomic E-state index is 13.2. The fourth-order valence-electron chi connectivity index (χ4n) is 4.07. The molecule has 4 rings (SSSR count). The van der Waals surface area contributed by atoms with Crippen LogP contribution >= 0.6 is 0 Å². The Morgan fingerprint density at radius 2 is 1.82 bits per heavy atom. The molecule has 34 heavy (non-hydrogen) atoms. The van der Waals surface area contributed by atoms with Crippen LogP contribution in [0.1, 0.15) is 39.4 Å². The van der Waals surface area contributed by atoms with Crippen molar-refractivity contribution in [1.29, 1.82) is 5.26 Å². The standard InChI is InChI=1S/C26H25FN6O/c1-17-15-22(18(2)32(17)20-7-4-3-5-8-20)26(34)30-14-6-9-24-23(16-28)25(29)33(31-24)21-12-10-19(27)11-13-21/h3-5,7-8,10-13,15H,6,9,14,29H2,1-2H3,(H,30,34). The SMILES string of the molecule is Cc1cc(C(=O)NCCCc2nn(-c3ccc(F)cc3)c(N)c2C#N)c(C)n1-c1ccccc1. The van der Waals surface area contributed by atoms with Crippen molar-refractivity contribution in [3.8, 4) is 17.4 Å². The molecule has 0 unspecified atom stereocenters. The van der Waals surface area contributed by atoms with Gasteiger partial charge in [-0.2, -0.15) is 10.4 Å². The number of hydrogen-bond acceptors (Lipinski definition) is 4. The number of nitrogens with one attached hydrogen (secondary N) is 1. The van der Waals surface area contributed by atoms with Gasteiger partial charge in [0.15, 0.2) is 0 Å². The van der Waals surface area contributed by atoms with Gasteiger partial charge in [-0.1, -0.05) is 18.2 Å². The maximum Gasteiger partial charge on any atom is 0.253 e. The van der Waals surface area contributed by atoms with Gasteiger partial charge in [-0.05, 0) is 69.2 Å². The fourth-order valence-corrected chi connectivity index (χ4v) is 4.07. The van der Waals surface area contributed by atoms with Gasteiger partial charge in [0.1, 0.15) is 23.3 Å². The zero-order valence-electron chi connectivity index (χ0n) is 19.0. The highest BCUT2D eigenvalue weighted by Crippen LogP contribution is 2.22. The molecule has 0 radical (unpaired) electrons. The third-order valence-corrected chi connectivity index (χ3v) is 5.74. The Kier molecular flexibility index (Phi) is 6.46. The monoisotopic (exact) mass is 456 g/mol. The van der Waals surface area contributed by atoms with Crippen molar-refractivity contribution in [1.82, 2.24) is 19.7 Å². The molecule has 2 aromatic carbocycles. The van der Waals surface area contributed by atoms with Gasteiger partial charge in [-0.15, -0.1) is 0 Å². The summed E-state index contributed by atoms with van der Waals surface area (Å²) < 4.78 is 16.7. The van der Waals surface area contributed by atoms with E-state index in [1.807, 2.05) is 50.2 Å². The Bertz CT molecular complexity index is 1360. The fraction of sp³-hybridized carbons (Fsp3) is 0.192. The first-order valence-electron chi connectivity index (χ1n) is 11.0. The molecule has 0 fully saturated rings. The molecular weight excluding hydrogens is 431 g/mol. The number of nitrogens with zero attached hydrogens (tertiary/aromatic N) is 4. The lowest BCUT2D eigenvalue weighted by molar-refractivity contribution is 0.0952. The number of para-hydroxylation sites is 1. The number of aromatic nitrogens is 3. The average molecular weight is 457 g/mol. The second-order valence-corrected chi connectivity index (χ2v) is 8.02. The highest BCUT2D eigenvalue weighted by Gasteiger charge is 2.18. The summed E-state index contributed by atoms with van der Waals surface area (Å²) in [5, 5.41) is 16.9. The number of nitrogen functional groups attached to an aromatic ring is 1. The van der Waals surface area contributed by atoms with E-state index in [0.29, 0.717) is 41.9 Å². The Morgan fingerprint density at radius 1 is 1.12 bits per heavy atom. The quantitative estimate of drug-likeness (QED) is 0.406. The summed E-state index contributed by atoms with van der Waals surface area (Å²) in [4.78, 5) is 12.8. The number of amides is 1. The van der Waals surface area contributed by atoms with E-state index in [0.717, 1.165) is 17.1 Å². The number of rotatable bonds is 7. The number of nitriles is 1. The van der Waals surface area contributed by atoms with E-state index in [2.05, 4.69) is 21.1 Å². The van der Waals surface area contributed by atoms with E-state index >= 15 is 0 Å². The van der Waals surface area contributed by atoms with Crippen LogP contribution in [0.5, 0.6) is 0 Å². The van der Waals surface area contributed by atoms with Gasteiger partial charge in [0.2, 0.25) is 0 Å². The first kappa shape index (κ1) is 22.8. The van der Waals surface area contributed by atoms with Crippen LogP contribution < -0.4 is 11.1 Å². The van der Waals surface area contributed by atoms with Crippen molar-refractivity contribution < 1.29 is 9.18 Å². The van der Waals surface area contributed by atoms with Crippen LogP contribution in [0.3, 0.4) is 0 Å². The lowest BCUT2D eigenvalue weighted by Crippen LogP contribution is -2.25. The lowest BCUT2D eigenvalue weighted by atomic mass is 10.1. The first-order chi connectivity index (χ1) is 16.4. The summed E-state index contributed by atoms with van der Waals surface area (Å²) in [7, 11) is 0. The number of nitrogens with two attached hydrogens (primary N) is 1. The van der Waals surface area contributed by atoms with Gasteiger partial charge in [0.25, 0.3) is 5.91 Å². The summed E-state index contributed by atoms with van der Waals surface area (Å²) in [5.41, 5.74) is 11.0. The molecule has 0 aliphatic carbocycles. The van der Waals surface area contributed by atoms with E-state index in [1.165, 1.54) is 16.8 Å². The molecule has 2 aromatic heterocycles. The summed E-state index contributed by atoms with van der Waals surface area (Å²) in [6.45, 7) is 4.32. The van der Waals surface area contributed by atoms with Crippen molar-refractivity contribution >= 4 is 11.7 Å². The van der Waals surface area contributed by atoms with Gasteiger partial charge < -0.3 is 15.6 Å². The van der Waals surface area contributed by atoms with Crippen LogP contribution in [0.2, 0.25) is 0 Å². The first-order valence-corrected chi connectivity index (χ1v) is 11.0. The van der Waals surface area contributed by atoms with Gasteiger partial charge >= 0.3 is 0 Å². The predicted octanol–water partition coefficient (Wildman–Crippen LogP) is 4.24. The normalized spacial score (nSPS) is 10.8. The molecule has 8 heteroatoms. The average Bonchev–Trinajstić information content (AvgIpc) is 3.32. The minimum absolute atomic E-state index is 0.146. The summed E-state index contributed by atoms with van der Waals surface area (Å²) in [6.07, 6.45) is 1.04. The number of carbonyl (C=O) groups excluding carboxylic acids is 1. The van der Waals surface area contributed by atoms with Crippen molar-refractivity contribution in [2.45, 2.75) is 26.7 Å². The minimum Gasteiger partial charge on any atom is -0.382 e. The molecule has 0 saturated carbocycles. The number of aryl methyl sites for hydroxylation is 2. The Morgan fingerprint density at radius 3 is 2.50 bits per heavy atom. The molecule has 1 amide bonds. The number of carbonyl (C=O) groups is 1. The molecule has 172 valence electrons. The van der Waals surface area contributed by atoms with Crippen LogP contribution in [0.25, 0.3) is 11.4 Å². The van der Waals surface area contributed by atoms with Crippen LogP contribution in [-0.2, 0) is 6.42 Å². The molecule has 0 spiro atoms. The van der Waals surface area contributed by atoms with Crippen molar-refractivity contribution in [3.63, 3.8) is 0 Å². The molecule has 2 heterocycles. The van der Waals surface area contributed by atoms with Gasteiger partial charge in [0, 0.05) is 23.6 Å². The highest BCUT2D eigenvalue weighted by molar-refractivity contribution is 5.95. The summed E-state index contributed by atoms with van der Waals surface area (Å²) in [6, 6.07) is 19.6. The van der Waals surface area contributed by atoms with Crippen LogP contribution in [0.15, 0.2) is 60.7 Å². The molecular formula is C26H25FN6O. The van der Waals surface area contributed by atoms with E-state index < -0.39 is 0 Å². The van der Waals surface area contributed by atoms with Crippen molar-refractivity contribution in [2.24, 2.45) is 0 Å². The Labute approximate surface area is 197 Å². The number of hydrogen-bond donors (Lipinski definition) is 2. The zero-order chi connectivity index (χ0) is 24.2. The molecule has 0 bridgehead atoms. The molecule has 0 aliphatic rings. The maximum atomic E-state index is 13.2. The molecule has 4 aromatic rings.